The summed E-state index contributed by atoms with van der Waals surface area (Å²) >= 11 is 0. The van der Waals surface area contributed by atoms with E-state index in [1.54, 1.807) is 0 Å². The Kier molecular flexibility index (Phi) is 3.26. The van der Waals surface area contributed by atoms with Gasteiger partial charge in [-0.3, -0.25) is 9.63 Å². The molecule has 1 aliphatic heterocycles. The zero-order chi connectivity index (χ0) is 10.7. The van der Waals surface area contributed by atoms with Crippen molar-refractivity contribution in [1.82, 2.24) is 5.06 Å². The van der Waals surface area contributed by atoms with E-state index in [4.69, 9.17) is 9.94 Å². The van der Waals surface area contributed by atoms with Crippen LogP contribution in [0.1, 0.15) is 44.9 Å². The summed E-state index contributed by atoms with van der Waals surface area (Å²) in [6.07, 6.45) is 6.75. The average Bonchev–Trinajstić information content (AvgIpc) is 2.53. The van der Waals surface area contributed by atoms with Crippen molar-refractivity contribution >= 4 is 5.91 Å². The Hall–Kier alpha value is -0.610. The largest absolute Gasteiger partial charge is 0.396 e. The number of amides is 1. The number of nitrogens with zero attached hydrogens (tertiary/aromatic N) is 1. The fraction of sp³-hybridized carbons (Fsp3) is 0.909. The highest BCUT2D eigenvalue weighted by Gasteiger charge is 2.45. The average molecular weight is 213 g/mol. The maximum Gasteiger partial charge on any atom is 0.249 e. The lowest BCUT2D eigenvalue weighted by Crippen LogP contribution is -2.33. The normalized spacial score (nSPS) is 25.1. The lowest BCUT2D eigenvalue weighted by Gasteiger charge is -2.31. The highest BCUT2D eigenvalue weighted by Crippen LogP contribution is 2.39. The molecule has 86 valence electrons. The van der Waals surface area contributed by atoms with Crippen LogP contribution in [0.3, 0.4) is 0 Å². The SMILES string of the molecule is O=C1CC2(CCCCC2)ON1CCCO. The Labute approximate surface area is 90.2 Å². The Balaban J connectivity index is 1.92. The van der Waals surface area contributed by atoms with E-state index in [-0.39, 0.29) is 18.1 Å². The molecule has 4 heteroatoms. The van der Waals surface area contributed by atoms with Crippen molar-refractivity contribution in [2.45, 2.75) is 50.5 Å². The van der Waals surface area contributed by atoms with Gasteiger partial charge in [-0.1, -0.05) is 19.3 Å². The summed E-state index contributed by atoms with van der Waals surface area (Å²) in [4.78, 5) is 17.4. The van der Waals surface area contributed by atoms with Gasteiger partial charge in [-0.25, -0.2) is 5.06 Å². The number of aliphatic hydroxyl groups excluding tert-OH is 1. The van der Waals surface area contributed by atoms with Gasteiger partial charge >= 0.3 is 0 Å². The van der Waals surface area contributed by atoms with Crippen LogP contribution < -0.4 is 0 Å². The number of hydroxylamine groups is 2. The third kappa shape index (κ3) is 2.32. The molecule has 15 heavy (non-hydrogen) atoms. The number of rotatable bonds is 3. The van der Waals surface area contributed by atoms with Gasteiger partial charge in [0.15, 0.2) is 0 Å². The Morgan fingerprint density at radius 3 is 2.73 bits per heavy atom. The summed E-state index contributed by atoms with van der Waals surface area (Å²) in [5.74, 6) is 0.0883. The molecule has 1 amide bonds. The van der Waals surface area contributed by atoms with Crippen LogP contribution in [-0.4, -0.2) is 34.8 Å². The molecule has 2 rings (SSSR count). The Bertz CT molecular complexity index is 236. The van der Waals surface area contributed by atoms with Gasteiger partial charge in [-0.05, 0) is 19.3 Å². The van der Waals surface area contributed by atoms with Crippen molar-refractivity contribution in [1.29, 1.82) is 0 Å². The zero-order valence-corrected chi connectivity index (χ0v) is 9.07. The van der Waals surface area contributed by atoms with Gasteiger partial charge in [-0.15, -0.1) is 0 Å². The summed E-state index contributed by atoms with van der Waals surface area (Å²) in [6.45, 7) is 0.636. The second-order valence-corrected chi connectivity index (χ2v) is 4.58. The van der Waals surface area contributed by atoms with E-state index in [9.17, 15) is 4.79 Å². The number of carbonyl (C=O) groups excluding carboxylic acids is 1. The first-order valence-electron chi connectivity index (χ1n) is 5.86. The van der Waals surface area contributed by atoms with Crippen LogP contribution >= 0.6 is 0 Å². The molecule has 2 aliphatic rings. The van der Waals surface area contributed by atoms with Crippen molar-refractivity contribution in [2.75, 3.05) is 13.2 Å². The molecule has 2 fully saturated rings. The fourth-order valence-corrected chi connectivity index (χ4v) is 2.53. The second-order valence-electron chi connectivity index (χ2n) is 4.58. The number of aliphatic hydroxyl groups is 1. The maximum atomic E-state index is 11.7. The molecule has 0 radical (unpaired) electrons. The molecule has 1 saturated carbocycles. The van der Waals surface area contributed by atoms with Gasteiger partial charge in [0.2, 0.25) is 5.91 Å². The van der Waals surface area contributed by atoms with E-state index in [2.05, 4.69) is 0 Å². The second kappa shape index (κ2) is 4.49. The van der Waals surface area contributed by atoms with Crippen LogP contribution in [0.15, 0.2) is 0 Å². The van der Waals surface area contributed by atoms with E-state index >= 15 is 0 Å². The molecular formula is C11H19NO3. The first-order valence-corrected chi connectivity index (χ1v) is 5.86. The van der Waals surface area contributed by atoms with Crippen LogP contribution in [0.5, 0.6) is 0 Å². The standard InChI is InChI=1S/C11H19NO3/c13-8-4-7-12-10(14)9-11(15-12)5-2-1-3-6-11/h13H,1-9H2. The van der Waals surface area contributed by atoms with Crippen LogP contribution in [0.25, 0.3) is 0 Å². The highest BCUT2D eigenvalue weighted by molar-refractivity contribution is 5.78. The van der Waals surface area contributed by atoms with E-state index < -0.39 is 0 Å². The quantitative estimate of drug-likeness (QED) is 0.767. The molecule has 1 aliphatic carbocycles. The number of hydrogen-bond donors (Lipinski definition) is 1. The predicted octanol–water partition coefficient (Wildman–Crippen LogP) is 1.24. The van der Waals surface area contributed by atoms with E-state index in [0.29, 0.717) is 19.4 Å². The van der Waals surface area contributed by atoms with Gasteiger partial charge in [0.25, 0.3) is 0 Å². The molecule has 0 aromatic carbocycles. The van der Waals surface area contributed by atoms with Gasteiger partial charge in [-0.2, -0.15) is 0 Å². The molecule has 1 heterocycles. The third-order valence-corrected chi connectivity index (χ3v) is 3.34. The highest BCUT2D eigenvalue weighted by atomic mass is 16.7. The van der Waals surface area contributed by atoms with E-state index in [1.165, 1.54) is 24.3 Å². The smallest absolute Gasteiger partial charge is 0.249 e. The van der Waals surface area contributed by atoms with Crippen LogP contribution in [0.4, 0.5) is 0 Å². The van der Waals surface area contributed by atoms with Crippen molar-refractivity contribution in [2.24, 2.45) is 0 Å². The minimum Gasteiger partial charge on any atom is -0.396 e. The predicted molar refractivity (Wildman–Crippen MR) is 54.9 cm³/mol. The molecule has 1 N–H and O–H groups in total. The van der Waals surface area contributed by atoms with Crippen LogP contribution in [0, 0.1) is 0 Å². The van der Waals surface area contributed by atoms with Gasteiger partial charge in [0, 0.05) is 6.61 Å². The summed E-state index contributed by atoms with van der Waals surface area (Å²) in [5.41, 5.74) is -0.190. The molecule has 0 bridgehead atoms. The maximum absolute atomic E-state index is 11.7. The fourth-order valence-electron chi connectivity index (χ4n) is 2.53. The van der Waals surface area contributed by atoms with E-state index in [1.807, 2.05) is 0 Å². The van der Waals surface area contributed by atoms with Crippen molar-refractivity contribution in [3.8, 4) is 0 Å². The lowest BCUT2D eigenvalue weighted by molar-refractivity contribution is -0.207. The van der Waals surface area contributed by atoms with Crippen molar-refractivity contribution < 1.29 is 14.7 Å². The van der Waals surface area contributed by atoms with Gasteiger partial charge < -0.3 is 5.11 Å². The molecule has 1 spiro atoms. The molecule has 1 saturated heterocycles. The molecule has 0 aromatic heterocycles. The topological polar surface area (TPSA) is 49.8 Å². The molecule has 4 nitrogen and oxygen atoms in total. The van der Waals surface area contributed by atoms with Crippen LogP contribution in [0.2, 0.25) is 0 Å². The van der Waals surface area contributed by atoms with Crippen molar-refractivity contribution in [3.63, 3.8) is 0 Å². The summed E-state index contributed by atoms with van der Waals surface area (Å²) in [7, 11) is 0. The minimum atomic E-state index is -0.190. The monoisotopic (exact) mass is 213 g/mol. The molecule has 0 aromatic rings. The first-order chi connectivity index (χ1) is 7.26. The minimum absolute atomic E-state index is 0.0883. The zero-order valence-electron chi connectivity index (χ0n) is 9.07. The van der Waals surface area contributed by atoms with Gasteiger partial charge in [0.05, 0.1) is 13.0 Å². The van der Waals surface area contributed by atoms with Crippen LogP contribution in [-0.2, 0) is 9.63 Å². The summed E-state index contributed by atoms with van der Waals surface area (Å²) in [6, 6.07) is 0. The van der Waals surface area contributed by atoms with Gasteiger partial charge in [0.1, 0.15) is 5.60 Å². The summed E-state index contributed by atoms with van der Waals surface area (Å²) in [5, 5.41) is 10.2. The molecule has 0 atom stereocenters. The first kappa shape index (κ1) is 10.9. The third-order valence-electron chi connectivity index (χ3n) is 3.34. The molecular weight excluding hydrogens is 194 g/mol. The number of carbonyl (C=O) groups is 1. The Morgan fingerprint density at radius 1 is 1.33 bits per heavy atom. The number of hydrogen-bond acceptors (Lipinski definition) is 3. The van der Waals surface area contributed by atoms with Crippen molar-refractivity contribution in [3.05, 3.63) is 0 Å². The summed E-state index contributed by atoms with van der Waals surface area (Å²) < 4.78 is 0. The van der Waals surface area contributed by atoms with E-state index in [0.717, 1.165) is 12.8 Å². The lowest BCUT2D eigenvalue weighted by atomic mass is 9.83. The molecule has 0 unspecified atom stereocenters. The Morgan fingerprint density at radius 2 is 2.07 bits per heavy atom.